The summed E-state index contributed by atoms with van der Waals surface area (Å²) in [5.74, 6) is 0.629. The minimum absolute atomic E-state index is 0.106. The Kier molecular flexibility index (Phi) is 3.37. The van der Waals surface area contributed by atoms with Gasteiger partial charge < -0.3 is 10.1 Å². The zero-order chi connectivity index (χ0) is 13.5. The van der Waals surface area contributed by atoms with E-state index in [1.165, 1.54) is 0 Å². The summed E-state index contributed by atoms with van der Waals surface area (Å²) in [6.45, 7) is 5.19. The van der Waals surface area contributed by atoms with Crippen LogP contribution in [0.1, 0.15) is 6.42 Å². The van der Waals surface area contributed by atoms with E-state index in [-0.39, 0.29) is 24.5 Å². The van der Waals surface area contributed by atoms with Crippen LogP contribution >= 0.6 is 0 Å². The maximum Gasteiger partial charge on any atom is 0.221 e. The minimum atomic E-state index is 0.106. The van der Waals surface area contributed by atoms with Crippen molar-refractivity contribution in [3.8, 4) is 0 Å². The molecule has 4 N–H and O–H groups in total. The van der Waals surface area contributed by atoms with Crippen LogP contribution in [0.3, 0.4) is 0 Å². The Morgan fingerprint density at radius 1 is 1.15 bits per heavy atom. The third-order valence-electron chi connectivity index (χ3n) is 4.67. The highest BCUT2D eigenvalue weighted by atomic mass is 16.5. The van der Waals surface area contributed by atoms with Gasteiger partial charge in [0.1, 0.15) is 12.6 Å². The second-order valence-electron chi connectivity index (χ2n) is 5.94. The zero-order valence-corrected chi connectivity index (χ0v) is 11.5. The van der Waals surface area contributed by atoms with Gasteiger partial charge in [-0.05, 0) is 0 Å². The van der Waals surface area contributed by atoms with E-state index in [4.69, 9.17) is 4.74 Å². The van der Waals surface area contributed by atoms with Gasteiger partial charge in [-0.1, -0.05) is 0 Å². The summed E-state index contributed by atoms with van der Waals surface area (Å²) in [5.41, 5.74) is 3.52. The number of hydrazine groups is 1. The van der Waals surface area contributed by atoms with Crippen molar-refractivity contribution in [2.24, 2.45) is 5.92 Å². The number of hydrogen-bond donors (Lipinski definition) is 4. The highest BCUT2D eigenvalue weighted by Gasteiger charge is 2.44. The number of amides is 1. The molecule has 4 heterocycles. The standard InChI is InChI=1S/C12H22N6O2/c19-10-5-9-8(6-13-10)7-18-11(14-9)15-12(16-18)17-1-3-20-4-2-17/h8-9,11-12,14-16H,1-7H2,(H,13,19). The van der Waals surface area contributed by atoms with Gasteiger partial charge in [-0.15, -0.1) is 0 Å². The third kappa shape index (κ3) is 2.32. The van der Waals surface area contributed by atoms with Crippen LogP contribution in [0.25, 0.3) is 0 Å². The minimum Gasteiger partial charge on any atom is -0.379 e. The number of morpholine rings is 1. The first kappa shape index (κ1) is 12.9. The third-order valence-corrected chi connectivity index (χ3v) is 4.67. The first-order valence-electron chi connectivity index (χ1n) is 7.43. The molecular formula is C12H22N6O2. The second kappa shape index (κ2) is 5.21. The Balaban J connectivity index is 1.40. The molecule has 4 aliphatic rings. The Hall–Kier alpha value is -0.770. The van der Waals surface area contributed by atoms with Gasteiger partial charge in [-0.2, -0.15) is 0 Å². The van der Waals surface area contributed by atoms with Crippen LogP contribution in [-0.2, 0) is 9.53 Å². The van der Waals surface area contributed by atoms with Crippen molar-refractivity contribution in [1.82, 2.24) is 31.3 Å². The SMILES string of the molecule is O=C1CC2NC3NC(N4CCOCC4)NN3CC2CN1. The van der Waals surface area contributed by atoms with Crippen molar-refractivity contribution in [2.45, 2.75) is 25.0 Å². The molecular weight excluding hydrogens is 260 g/mol. The number of carbonyl (C=O) groups excluding carboxylic acids is 1. The lowest BCUT2D eigenvalue weighted by Gasteiger charge is -2.42. The van der Waals surface area contributed by atoms with Gasteiger partial charge in [0, 0.05) is 44.6 Å². The van der Waals surface area contributed by atoms with Crippen molar-refractivity contribution >= 4 is 5.91 Å². The molecule has 0 aromatic carbocycles. The molecule has 8 heteroatoms. The van der Waals surface area contributed by atoms with E-state index in [1.54, 1.807) is 0 Å². The number of fused-ring (bicyclic) bond motifs is 2. The molecule has 4 rings (SSSR count). The van der Waals surface area contributed by atoms with Gasteiger partial charge in [0.15, 0.2) is 0 Å². The van der Waals surface area contributed by atoms with Gasteiger partial charge in [-0.3, -0.25) is 20.3 Å². The fourth-order valence-electron chi connectivity index (χ4n) is 3.50. The largest absolute Gasteiger partial charge is 0.379 e. The molecule has 1 amide bonds. The lowest BCUT2D eigenvalue weighted by atomic mass is 9.91. The number of hydrogen-bond acceptors (Lipinski definition) is 7. The second-order valence-corrected chi connectivity index (χ2v) is 5.94. The van der Waals surface area contributed by atoms with Crippen LogP contribution in [0.2, 0.25) is 0 Å². The van der Waals surface area contributed by atoms with Gasteiger partial charge in [0.25, 0.3) is 0 Å². The highest BCUT2D eigenvalue weighted by molar-refractivity contribution is 5.77. The fraction of sp³-hybridized carbons (Fsp3) is 0.917. The summed E-state index contributed by atoms with van der Waals surface area (Å²) in [5, 5.41) is 12.3. The Bertz CT molecular complexity index is 388. The van der Waals surface area contributed by atoms with Crippen LogP contribution in [0, 0.1) is 5.92 Å². The van der Waals surface area contributed by atoms with Crippen molar-refractivity contribution in [3.63, 3.8) is 0 Å². The molecule has 0 bridgehead atoms. The Morgan fingerprint density at radius 3 is 2.85 bits per heavy atom. The summed E-state index contributed by atoms with van der Waals surface area (Å²) < 4.78 is 5.39. The van der Waals surface area contributed by atoms with E-state index in [0.29, 0.717) is 12.3 Å². The molecule has 4 unspecified atom stereocenters. The molecule has 0 radical (unpaired) electrons. The van der Waals surface area contributed by atoms with E-state index in [9.17, 15) is 4.79 Å². The lowest BCUT2D eigenvalue weighted by Crippen LogP contribution is -2.66. The topological polar surface area (TPSA) is 80.9 Å². The average molecular weight is 282 g/mol. The van der Waals surface area contributed by atoms with E-state index < -0.39 is 0 Å². The maximum absolute atomic E-state index is 11.5. The maximum atomic E-state index is 11.5. The number of rotatable bonds is 1. The predicted octanol–water partition coefficient (Wildman–Crippen LogP) is -2.60. The molecule has 0 saturated carbocycles. The Labute approximate surface area is 118 Å². The Morgan fingerprint density at radius 2 is 2.00 bits per heavy atom. The van der Waals surface area contributed by atoms with Crippen LogP contribution in [0.4, 0.5) is 0 Å². The molecule has 112 valence electrons. The molecule has 4 saturated heterocycles. The zero-order valence-electron chi connectivity index (χ0n) is 11.5. The number of piperidine rings is 1. The van der Waals surface area contributed by atoms with Crippen molar-refractivity contribution in [3.05, 3.63) is 0 Å². The number of carbonyl (C=O) groups is 1. The van der Waals surface area contributed by atoms with E-state index in [1.807, 2.05) is 0 Å². The molecule has 0 aliphatic carbocycles. The molecule has 0 aromatic rings. The van der Waals surface area contributed by atoms with Crippen LogP contribution in [-0.4, -0.2) is 73.8 Å². The molecule has 4 atom stereocenters. The monoisotopic (exact) mass is 282 g/mol. The highest BCUT2D eigenvalue weighted by Crippen LogP contribution is 2.22. The first-order chi connectivity index (χ1) is 9.79. The number of ether oxygens (including phenoxy) is 1. The van der Waals surface area contributed by atoms with Gasteiger partial charge in [0.05, 0.1) is 13.2 Å². The molecule has 0 spiro atoms. The molecule has 0 aromatic heterocycles. The van der Waals surface area contributed by atoms with Gasteiger partial charge in [-0.25, -0.2) is 10.4 Å². The van der Waals surface area contributed by atoms with E-state index in [0.717, 1.165) is 39.4 Å². The first-order valence-corrected chi connectivity index (χ1v) is 7.43. The summed E-state index contributed by atoms with van der Waals surface area (Å²) in [4.78, 5) is 13.9. The normalized spacial score (nSPS) is 42.9. The van der Waals surface area contributed by atoms with Crippen molar-refractivity contribution in [1.29, 1.82) is 0 Å². The van der Waals surface area contributed by atoms with Crippen LogP contribution < -0.4 is 21.4 Å². The van der Waals surface area contributed by atoms with Gasteiger partial charge >= 0.3 is 0 Å². The lowest BCUT2D eigenvalue weighted by molar-refractivity contribution is -0.125. The van der Waals surface area contributed by atoms with Crippen molar-refractivity contribution in [2.75, 3.05) is 39.4 Å². The smallest absolute Gasteiger partial charge is 0.221 e. The summed E-state index contributed by atoms with van der Waals surface area (Å²) in [6, 6.07) is 0.280. The predicted molar refractivity (Wildman–Crippen MR) is 71.0 cm³/mol. The van der Waals surface area contributed by atoms with Crippen LogP contribution in [0.5, 0.6) is 0 Å². The van der Waals surface area contributed by atoms with Crippen molar-refractivity contribution < 1.29 is 9.53 Å². The van der Waals surface area contributed by atoms with Crippen LogP contribution in [0.15, 0.2) is 0 Å². The summed E-state index contributed by atoms with van der Waals surface area (Å²) in [7, 11) is 0. The molecule has 8 nitrogen and oxygen atoms in total. The van der Waals surface area contributed by atoms with Gasteiger partial charge in [0.2, 0.25) is 5.91 Å². The fourth-order valence-corrected chi connectivity index (χ4v) is 3.50. The average Bonchev–Trinajstić information content (AvgIpc) is 2.88. The molecule has 4 fully saturated rings. The summed E-state index contributed by atoms with van der Waals surface area (Å²) >= 11 is 0. The quantitative estimate of drug-likeness (QED) is 0.420. The number of nitrogens with one attached hydrogen (secondary N) is 4. The molecule has 4 aliphatic heterocycles. The number of nitrogens with zero attached hydrogens (tertiary/aromatic N) is 2. The van der Waals surface area contributed by atoms with E-state index in [2.05, 4.69) is 31.3 Å². The molecule has 20 heavy (non-hydrogen) atoms. The summed E-state index contributed by atoms with van der Waals surface area (Å²) in [6.07, 6.45) is 0.842. The van der Waals surface area contributed by atoms with E-state index >= 15 is 0 Å².